The molecule has 0 radical (unpaired) electrons. The first-order valence-corrected chi connectivity index (χ1v) is 9.75. The normalized spacial score (nSPS) is 17.8. The predicted octanol–water partition coefficient (Wildman–Crippen LogP) is 4.30. The van der Waals surface area contributed by atoms with Gasteiger partial charge >= 0.3 is 0 Å². The van der Waals surface area contributed by atoms with Crippen molar-refractivity contribution in [2.24, 2.45) is 0 Å². The molecule has 31 heavy (non-hydrogen) atoms. The Bertz CT molecular complexity index is 1150. The summed E-state index contributed by atoms with van der Waals surface area (Å²) in [5.74, 6) is -1.82. The smallest absolute Gasteiger partial charge is 0.255 e. The molecule has 0 aromatic heterocycles. The highest BCUT2D eigenvalue weighted by Crippen LogP contribution is 2.46. The molecular weight excluding hydrogens is 400 g/mol. The van der Waals surface area contributed by atoms with Crippen molar-refractivity contribution in [3.8, 4) is 0 Å². The lowest BCUT2D eigenvalue weighted by Gasteiger charge is -2.50. The van der Waals surface area contributed by atoms with Crippen LogP contribution in [0.25, 0.3) is 0 Å². The number of β-lactam (4-membered cyclic amide) rings is 1. The molecule has 1 heterocycles. The summed E-state index contributed by atoms with van der Waals surface area (Å²) in [6.07, 6.45) is -0.0913. The number of hydrogen-bond donors (Lipinski definition) is 1. The number of carbonyl (C=O) groups is 2. The molecule has 1 fully saturated rings. The van der Waals surface area contributed by atoms with Crippen molar-refractivity contribution in [1.82, 2.24) is 0 Å². The van der Waals surface area contributed by atoms with Gasteiger partial charge in [0.1, 0.15) is 11.6 Å². The molecule has 1 aliphatic heterocycles. The van der Waals surface area contributed by atoms with Crippen LogP contribution in [-0.2, 0) is 15.1 Å². The molecule has 158 valence electrons. The standard InChI is InChI=1S/C24H21F2N3O2/c1-28(2)20-11-9-16(10-12-20)24(23(31)27-19-7-3-5-17(25)13-19)15-22(30)29(24)21-8-4-6-18(26)14-21/h3-14H,15H2,1-2H3,(H,27,31). The third kappa shape index (κ3) is 3.63. The van der Waals surface area contributed by atoms with Crippen LogP contribution in [0.4, 0.5) is 25.8 Å². The summed E-state index contributed by atoms with van der Waals surface area (Å²) in [4.78, 5) is 29.4. The molecule has 0 spiro atoms. The number of rotatable bonds is 5. The van der Waals surface area contributed by atoms with E-state index >= 15 is 0 Å². The molecule has 3 aromatic carbocycles. The highest BCUT2D eigenvalue weighted by Gasteiger charge is 2.58. The summed E-state index contributed by atoms with van der Waals surface area (Å²) in [6, 6.07) is 18.3. The van der Waals surface area contributed by atoms with Gasteiger partial charge in [0, 0.05) is 31.2 Å². The van der Waals surface area contributed by atoms with E-state index in [4.69, 9.17) is 0 Å². The van der Waals surface area contributed by atoms with E-state index in [1.807, 2.05) is 31.1 Å². The van der Waals surface area contributed by atoms with Gasteiger partial charge in [0.25, 0.3) is 5.91 Å². The van der Waals surface area contributed by atoms with E-state index in [0.717, 1.165) is 5.69 Å². The Morgan fingerprint density at radius 1 is 0.968 bits per heavy atom. The molecule has 7 heteroatoms. The zero-order valence-corrected chi connectivity index (χ0v) is 17.1. The topological polar surface area (TPSA) is 52.7 Å². The number of nitrogens with zero attached hydrogens (tertiary/aromatic N) is 2. The van der Waals surface area contributed by atoms with Crippen LogP contribution in [0.2, 0.25) is 0 Å². The van der Waals surface area contributed by atoms with Gasteiger partial charge in [-0.2, -0.15) is 0 Å². The summed E-state index contributed by atoms with van der Waals surface area (Å²) in [5, 5.41) is 2.72. The largest absolute Gasteiger partial charge is 0.378 e. The fourth-order valence-electron chi connectivity index (χ4n) is 3.86. The van der Waals surface area contributed by atoms with Gasteiger partial charge in [-0.05, 0) is 54.1 Å². The Morgan fingerprint density at radius 2 is 1.61 bits per heavy atom. The molecule has 0 aliphatic carbocycles. The Morgan fingerprint density at radius 3 is 2.19 bits per heavy atom. The van der Waals surface area contributed by atoms with Crippen molar-refractivity contribution < 1.29 is 18.4 Å². The van der Waals surface area contributed by atoms with Crippen LogP contribution in [-0.4, -0.2) is 25.9 Å². The molecule has 2 amide bonds. The van der Waals surface area contributed by atoms with Gasteiger partial charge < -0.3 is 10.2 Å². The Labute approximate surface area is 178 Å². The van der Waals surface area contributed by atoms with Gasteiger partial charge in [0.15, 0.2) is 5.54 Å². The first-order valence-electron chi connectivity index (χ1n) is 9.75. The Kier molecular flexibility index (Phi) is 5.19. The Balaban J connectivity index is 1.80. The van der Waals surface area contributed by atoms with Crippen LogP contribution in [0.5, 0.6) is 0 Å². The lowest BCUT2D eigenvalue weighted by molar-refractivity contribution is -0.137. The average Bonchev–Trinajstić information content (AvgIpc) is 2.71. The zero-order chi connectivity index (χ0) is 22.2. The molecule has 3 aromatic rings. The quantitative estimate of drug-likeness (QED) is 0.625. The van der Waals surface area contributed by atoms with E-state index in [-0.39, 0.29) is 23.7 Å². The van der Waals surface area contributed by atoms with E-state index < -0.39 is 23.1 Å². The number of halogens is 2. The van der Waals surface area contributed by atoms with Crippen molar-refractivity contribution in [1.29, 1.82) is 0 Å². The second kappa shape index (κ2) is 7.83. The van der Waals surface area contributed by atoms with Crippen LogP contribution in [0.3, 0.4) is 0 Å². The molecule has 4 rings (SSSR count). The summed E-state index contributed by atoms with van der Waals surface area (Å²) < 4.78 is 27.6. The van der Waals surface area contributed by atoms with Crippen LogP contribution < -0.4 is 15.1 Å². The second-order valence-electron chi connectivity index (χ2n) is 7.65. The zero-order valence-electron chi connectivity index (χ0n) is 17.1. The molecular formula is C24H21F2N3O2. The fourth-order valence-corrected chi connectivity index (χ4v) is 3.86. The van der Waals surface area contributed by atoms with Gasteiger partial charge in [-0.1, -0.05) is 24.3 Å². The number of amides is 2. The fraction of sp³-hybridized carbons (Fsp3) is 0.167. The minimum Gasteiger partial charge on any atom is -0.378 e. The van der Waals surface area contributed by atoms with Crippen molar-refractivity contribution >= 4 is 28.9 Å². The van der Waals surface area contributed by atoms with Crippen molar-refractivity contribution in [2.75, 3.05) is 29.2 Å². The number of hydrogen-bond acceptors (Lipinski definition) is 3. The van der Waals surface area contributed by atoms with Crippen molar-refractivity contribution in [3.05, 3.63) is 90.0 Å². The van der Waals surface area contributed by atoms with Gasteiger partial charge in [-0.15, -0.1) is 0 Å². The number of nitrogens with one attached hydrogen (secondary N) is 1. The minimum atomic E-state index is -1.39. The molecule has 1 N–H and O–H groups in total. The molecule has 5 nitrogen and oxygen atoms in total. The lowest BCUT2D eigenvalue weighted by atomic mass is 9.76. The Hall–Kier alpha value is -3.74. The SMILES string of the molecule is CN(C)c1ccc(C2(C(=O)Nc3cccc(F)c3)CC(=O)N2c2cccc(F)c2)cc1. The maximum absolute atomic E-state index is 13.9. The highest BCUT2D eigenvalue weighted by molar-refractivity contribution is 6.17. The van der Waals surface area contributed by atoms with Crippen LogP contribution in [0, 0.1) is 11.6 Å². The van der Waals surface area contributed by atoms with E-state index in [1.54, 1.807) is 24.3 Å². The van der Waals surface area contributed by atoms with Crippen LogP contribution in [0.15, 0.2) is 72.8 Å². The second-order valence-corrected chi connectivity index (χ2v) is 7.65. The number of benzene rings is 3. The minimum absolute atomic E-state index is 0.0913. The number of carbonyl (C=O) groups excluding carboxylic acids is 2. The molecule has 1 atom stereocenters. The van der Waals surface area contributed by atoms with E-state index in [9.17, 15) is 18.4 Å². The lowest BCUT2D eigenvalue weighted by Crippen LogP contribution is -2.67. The summed E-state index contributed by atoms with van der Waals surface area (Å²) >= 11 is 0. The van der Waals surface area contributed by atoms with Gasteiger partial charge in [0.2, 0.25) is 5.91 Å². The molecule has 1 saturated heterocycles. The third-order valence-corrected chi connectivity index (χ3v) is 5.42. The highest BCUT2D eigenvalue weighted by atomic mass is 19.1. The van der Waals surface area contributed by atoms with Crippen molar-refractivity contribution in [3.63, 3.8) is 0 Å². The van der Waals surface area contributed by atoms with Gasteiger partial charge in [-0.3, -0.25) is 14.5 Å². The van der Waals surface area contributed by atoms with Gasteiger partial charge in [-0.25, -0.2) is 8.78 Å². The molecule has 1 aliphatic rings. The summed E-state index contributed by atoms with van der Waals surface area (Å²) in [5.41, 5.74) is 0.667. The monoisotopic (exact) mass is 421 g/mol. The maximum atomic E-state index is 13.9. The predicted molar refractivity (Wildman–Crippen MR) is 116 cm³/mol. The first-order chi connectivity index (χ1) is 14.8. The van der Waals surface area contributed by atoms with Crippen LogP contribution in [0.1, 0.15) is 12.0 Å². The average molecular weight is 421 g/mol. The van der Waals surface area contributed by atoms with E-state index in [0.29, 0.717) is 5.56 Å². The number of anilines is 3. The van der Waals surface area contributed by atoms with E-state index in [2.05, 4.69) is 5.32 Å². The molecule has 1 unspecified atom stereocenters. The van der Waals surface area contributed by atoms with E-state index in [1.165, 1.54) is 41.3 Å². The van der Waals surface area contributed by atoms with Gasteiger partial charge in [0.05, 0.1) is 6.42 Å². The molecule has 0 bridgehead atoms. The molecule has 0 saturated carbocycles. The summed E-state index contributed by atoms with van der Waals surface area (Å²) in [6.45, 7) is 0. The third-order valence-electron chi connectivity index (χ3n) is 5.42. The first kappa shape index (κ1) is 20.5. The summed E-state index contributed by atoms with van der Waals surface area (Å²) in [7, 11) is 3.79. The maximum Gasteiger partial charge on any atom is 0.255 e. The van der Waals surface area contributed by atoms with Crippen LogP contribution >= 0.6 is 0 Å². The van der Waals surface area contributed by atoms with Crippen molar-refractivity contribution in [2.45, 2.75) is 12.0 Å².